The lowest BCUT2D eigenvalue weighted by Crippen LogP contribution is -2.27. The van der Waals surface area contributed by atoms with Crippen molar-refractivity contribution in [3.8, 4) is 10.6 Å². The van der Waals surface area contributed by atoms with Crippen molar-refractivity contribution < 1.29 is 21.6 Å². The predicted molar refractivity (Wildman–Crippen MR) is 97.5 cm³/mol. The van der Waals surface area contributed by atoms with Gasteiger partial charge in [-0.2, -0.15) is 0 Å². The number of halogens is 3. The van der Waals surface area contributed by atoms with Gasteiger partial charge in [-0.3, -0.25) is 0 Å². The summed E-state index contributed by atoms with van der Waals surface area (Å²) in [5.74, 6) is -5.00. The Morgan fingerprint density at radius 1 is 1.04 bits per heavy atom. The van der Waals surface area contributed by atoms with Gasteiger partial charge in [0.05, 0.1) is 5.69 Å². The Bertz CT molecular complexity index is 1060. The zero-order valence-corrected chi connectivity index (χ0v) is 15.8. The molecule has 4 nitrogen and oxygen atoms in total. The Labute approximate surface area is 158 Å². The van der Waals surface area contributed by atoms with E-state index in [2.05, 4.69) is 9.71 Å². The van der Waals surface area contributed by atoms with Crippen molar-refractivity contribution in [1.82, 2.24) is 9.71 Å². The van der Waals surface area contributed by atoms with Crippen LogP contribution < -0.4 is 4.72 Å². The van der Waals surface area contributed by atoms with E-state index in [1.165, 1.54) is 11.3 Å². The number of nitrogens with zero attached hydrogens (tertiary/aromatic N) is 1. The third-order valence-corrected chi connectivity index (χ3v) is 6.23. The highest BCUT2D eigenvalue weighted by Crippen LogP contribution is 2.24. The summed E-state index contributed by atoms with van der Waals surface area (Å²) in [7, 11) is -4.31. The number of sulfonamides is 1. The SMILES string of the molecule is Cc1ccc(-c2nc(CCNS(=O)(=O)c3ccc(F)c(F)c3F)cs2)cc1. The molecule has 0 fully saturated rings. The molecule has 1 N–H and O–H groups in total. The number of aryl methyl sites for hydroxylation is 1. The van der Waals surface area contributed by atoms with Gasteiger partial charge in [-0.25, -0.2) is 31.3 Å². The van der Waals surface area contributed by atoms with Crippen molar-refractivity contribution in [3.05, 3.63) is 70.5 Å². The van der Waals surface area contributed by atoms with Crippen LogP contribution in [0.1, 0.15) is 11.3 Å². The Kier molecular flexibility index (Phi) is 5.64. The zero-order chi connectivity index (χ0) is 19.6. The van der Waals surface area contributed by atoms with Gasteiger partial charge in [0.1, 0.15) is 9.90 Å². The zero-order valence-electron chi connectivity index (χ0n) is 14.2. The van der Waals surface area contributed by atoms with Gasteiger partial charge in [-0.05, 0) is 19.1 Å². The second-order valence-electron chi connectivity index (χ2n) is 5.83. The van der Waals surface area contributed by atoms with E-state index in [0.29, 0.717) is 17.8 Å². The molecule has 0 bridgehead atoms. The van der Waals surface area contributed by atoms with Crippen LogP contribution in [0.5, 0.6) is 0 Å². The van der Waals surface area contributed by atoms with E-state index in [4.69, 9.17) is 0 Å². The van der Waals surface area contributed by atoms with E-state index in [-0.39, 0.29) is 13.0 Å². The molecule has 0 unspecified atom stereocenters. The highest BCUT2D eigenvalue weighted by molar-refractivity contribution is 7.89. The lowest BCUT2D eigenvalue weighted by atomic mass is 10.2. The fourth-order valence-corrected chi connectivity index (χ4v) is 4.32. The van der Waals surface area contributed by atoms with Crippen LogP contribution in [-0.4, -0.2) is 19.9 Å². The first kappa shape index (κ1) is 19.5. The van der Waals surface area contributed by atoms with Gasteiger partial charge >= 0.3 is 0 Å². The summed E-state index contributed by atoms with van der Waals surface area (Å²) in [6.45, 7) is 1.93. The molecule has 1 heterocycles. The number of thiazole rings is 1. The molecular weight excluding hydrogens is 397 g/mol. The normalized spacial score (nSPS) is 11.7. The molecule has 1 aromatic heterocycles. The summed E-state index contributed by atoms with van der Waals surface area (Å²) in [6.07, 6.45) is 0.271. The van der Waals surface area contributed by atoms with E-state index < -0.39 is 32.4 Å². The molecule has 142 valence electrons. The number of nitrogens with one attached hydrogen (secondary N) is 1. The van der Waals surface area contributed by atoms with E-state index in [0.717, 1.165) is 16.1 Å². The van der Waals surface area contributed by atoms with Gasteiger partial charge in [-0.1, -0.05) is 29.8 Å². The number of rotatable bonds is 6. The quantitative estimate of drug-likeness (QED) is 0.622. The maximum atomic E-state index is 13.7. The van der Waals surface area contributed by atoms with Crippen LogP contribution in [0.4, 0.5) is 13.2 Å². The first-order valence-corrected chi connectivity index (χ1v) is 10.3. The van der Waals surface area contributed by atoms with Crippen molar-refractivity contribution in [2.45, 2.75) is 18.2 Å². The first-order chi connectivity index (χ1) is 12.8. The minimum atomic E-state index is -4.31. The standard InChI is InChI=1S/C18H15F3N2O2S2/c1-11-2-4-12(5-3-11)18-23-13(10-26-18)8-9-22-27(24,25)15-7-6-14(19)16(20)17(15)21/h2-7,10,22H,8-9H2,1H3. The van der Waals surface area contributed by atoms with Crippen molar-refractivity contribution in [3.63, 3.8) is 0 Å². The fraction of sp³-hybridized carbons (Fsp3) is 0.167. The Morgan fingerprint density at radius 3 is 2.44 bits per heavy atom. The lowest BCUT2D eigenvalue weighted by Gasteiger charge is -2.07. The highest BCUT2D eigenvalue weighted by Gasteiger charge is 2.23. The molecule has 0 spiro atoms. The van der Waals surface area contributed by atoms with Gasteiger partial charge in [-0.15, -0.1) is 11.3 Å². The second-order valence-corrected chi connectivity index (χ2v) is 8.42. The van der Waals surface area contributed by atoms with Gasteiger partial charge in [0.2, 0.25) is 10.0 Å². The smallest absolute Gasteiger partial charge is 0.241 e. The number of hydrogen-bond acceptors (Lipinski definition) is 4. The van der Waals surface area contributed by atoms with Crippen molar-refractivity contribution in [2.24, 2.45) is 0 Å². The van der Waals surface area contributed by atoms with Gasteiger partial charge in [0.15, 0.2) is 17.5 Å². The summed E-state index contributed by atoms with van der Waals surface area (Å²) in [6, 6.07) is 9.11. The van der Waals surface area contributed by atoms with Crippen LogP contribution in [0, 0.1) is 24.4 Å². The first-order valence-electron chi connectivity index (χ1n) is 7.92. The monoisotopic (exact) mass is 412 g/mol. The molecule has 0 aliphatic rings. The van der Waals surface area contributed by atoms with Crippen LogP contribution in [0.25, 0.3) is 10.6 Å². The average Bonchev–Trinajstić information content (AvgIpc) is 3.09. The highest BCUT2D eigenvalue weighted by atomic mass is 32.2. The van der Waals surface area contributed by atoms with Crippen LogP contribution in [0.3, 0.4) is 0 Å². The molecular formula is C18H15F3N2O2S2. The van der Waals surface area contributed by atoms with Crippen molar-refractivity contribution >= 4 is 21.4 Å². The average molecular weight is 412 g/mol. The summed E-state index contributed by atoms with van der Waals surface area (Å²) in [5.41, 5.74) is 2.76. The fourth-order valence-electron chi connectivity index (χ4n) is 2.36. The second kappa shape index (κ2) is 7.79. The van der Waals surface area contributed by atoms with E-state index in [1.807, 2.05) is 36.6 Å². The molecule has 0 aliphatic carbocycles. The molecule has 3 aromatic rings. The molecule has 0 atom stereocenters. The third kappa shape index (κ3) is 4.37. The third-order valence-electron chi connectivity index (χ3n) is 3.81. The van der Waals surface area contributed by atoms with Crippen LogP contribution >= 0.6 is 11.3 Å². The Balaban J connectivity index is 1.66. The van der Waals surface area contributed by atoms with Gasteiger partial charge < -0.3 is 0 Å². The molecule has 27 heavy (non-hydrogen) atoms. The molecule has 2 aromatic carbocycles. The topological polar surface area (TPSA) is 59.1 Å². The van der Waals surface area contributed by atoms with E-state index in [1.54, 1.807) is 0 Å². The summed E-state index contributed by atoms with van der Waals surface area (Å²) in [5, 5.41) is 2.61. The molecule has 0 amide bonds. The summed E-state index contributed by atoms with van der Waals surface area (Å²) in [4.78, 5) is 3.52. The van der Waals surface area contributed by atoms with Crippen LogP contribution in [0.15, 0.2) is 46.7 Å². The van der Waals surface area contributed by atoms with E-state index >= 15 is 0 Å². The number of hydrogen-bond donors (Lipinski definition) is 1. The molecule has 0 saturated heterocycles. The van der Waals surface area contributed by atoms with Crippen molar-refractivity contribution in [1.29, 1.82) is 0 Å². The predicted octanol–water partition coefficient (Wildman–Crippen LogP) is 4.06. The molecule has 0 aliphatic heterocycles. The summed E-state index contributed by atoms with van der Waals surface area (Å²) < 4.78 is 66.3. The maximum Gasteiger partial charge on any atom is 0.243 e. The van der Waals surface area contributed by atoms with E-state index in [9.17, 15) is 21.6 Å². The number of benzene rings is 2. The Morgan fingerprint density at radius 2 is 1.74 bits per heavy atom. The Hall–Kier alpha value is -2.23. The lowest BCUT2D eigenvalue weighted by molar-refractivity contribution is 0.431. The summed E-state index contributed by atoms with van der Waals surface area (Å²) >= 11 is 1.43. The van der Waals surface area contributed by atoms with Crippen LogP contribution in [0.2, 0.25) is 0 Å². The molecule has 9 heteroatoms. The molecule has 3 rings (SSSR count). The van der Waals surface area contributed by atoms with Gasteiger partial charge in [0.25, 0.3) is 0 Å². The van der Waals surface area contributed by atoms with Crippen LogP contribution in [-0.2, 0) is 16.4 Å². The van der Waals surface area contributed by atoms with Gasteiger partial charge in [0, 0.05) is 23.9 Å². The minimum Gasteiger partial charge on any atom is -0.241 e. The maximum absolute atomic E-state index is 13.7. The number of aromatic nitrogens is 1. The molecule has 0 radical (unpaired) electrons. The minimum absolute atomic E-state index is 0.0577. The molecule has 0 saturated carbocycles. The van der Waals surface area contributed by atoms with Crippen molar-refractivity contribution in [2.75, 3.05) is 6.54 Å². The largest absolute Gasteiger partial charge is 0.243 e.